The SMILES string of the molecule is COc1cccc(CN2CCC[C@]3(CCN(C(=O)c4ccco4)C3)C2)c1. The van der Waals surface area contributed by atoms with Gasteiger partial charge in [-0.05, 0) is 55.6 Å². The van der Waals surface area contributed by atoms with Crippen molar-refractivity contribution >= 4 is 5.91 Å². The molecule has 2 aromatic rings. The first-order chi connectivity index (χ1) is 12.7. The Bertz CT molecular complexity index is 758. The van der Waals surface area contributed by atoms with Crippen molar-refractivity contribution in [3.05, 3.63) is 54.0 Å². The van der Waals surface area contributed by atoms with Gasteiger partial charge in [0.1, 0.15) is 5.75 Å². The Morgan fingerprint density at radius 2 is 2.12 bits per heavy atom. The average molecular weight is 354 g/mol. The molecule has 1 spiro atoms. The van der Waals surface area contributed by atoms with Gasteiger partial charge < -0.3 is 14.1 Å². The molecule has 1 amide bonds. The number of hydrogen-bond donors (Lipinski definition) is 0. The molecule has 1 aromatic carbocycles. The van der Waals surface area contributed by atoms with Crippen LogP contribution >= 0.6 is 0 Å². The van der Waals surface area contributed by atoms with Crippen molar-refractivity contribution in [3.8, 4) is 5.75 Å². The standard InChI is InChI=1S/C21H26N2O3/c1-25-18-6-2-5-17(13-18)14-22-10-4-8-21(15-22)9-11-23(16-21)20(24)19-7-3-12-26-19/h2-3,5-7,12-13H,4,8-11,14-16H2,1H3/t21-/m0/s1. The fraction of sp³-hybridized carbons (Fsp3) is 0.476. The van der Waals surface area contributed by atoms with Crippen LogP contribution in [0.25, 0.3) is 0 Å². The monoisotopic (exact) mass is 354 g/mol. The number of rotatable bonds is 4. The van der Waals surface area contributed by atoms with Gasteiger partial charge in [0.15, 0.2) is 5.76 Å². The van der Waals surface area contributed by atoms with E-state index in [2.05, 4.69) is 17.0 Å². The molecule has 1 atom stereocenters. The largest absolute Gasteiger partial charge is 0.497 e. The Kier molecular flexibility index (Phi) is 4.72. The highest BCUT2D eigenvalue weighted by molar-refractivity contribution is 5.91. The van der Waals surface area contributed by atoms with Crippen LogP contribution in [0.15, 0.2) is 47.1 Å². The molecule has 3 heterocycles. The number of amides is 1. The fourth-order valence-electron chi connectivity index (χ4n) is 4.47. The second-order valence-corrected chi connectivity index (χ2v) is 7.62. The predicted octanol–water partition coefficient (Wildman–Crippen LogP) is 3.42. The normalized spacial score (nSPS) is 23.5. The van der Waals surface area contributed by atoms with Crippen LogP contribution in [-0.2, 0) is 6.54 Å². The van der Waals surface area contributed by atoms with E-state index in [1.54, 1.807) is 25.5 Å². The highest BCUT2D eigenvalue weighted by atomic mass is 16.5. The van der Waals surface area contributed by atoms with E-state index in [0.29, 0.717) is 5.76 Å². The zero-order valence-electron chi connectivity index (χ0n) is 15.3. The summed E-state index contributed by atoms with van der Waals surface area (Å²) in [4.78, 5) is 17.1. The van der Waals surface area contributed by atoms with Gasteiger partial charge in [-0.2, -0.15) is 0 Å². The minimum Gasteiger partial charge on any atom is -0.497 e. The zero-order valence-corrected chi connectivity index (χ0v) is 15.3. The van der Waals surface area contributed by atoms with Gasteiger partial charge in [-0.3, -0.25) is 9.69 Å². The average Bonchev–Trinajstić information content (AvgIpc) is 3.32. The van der Waals surface area contributed by atoms with Crippen molar-refractivity contribution in [2.75, 3.05) is 33.3 Å². The van der Waals surface area contributed by atoms with Crippen LogP contribution in [0, 0.1) is 5.41 Å². The molecule has 0 aliphatic carbocycles. The van der Waals surface area contributed by atoms with E-state index in [4.69, 9.17) is 9.15 Å². The quantitative estimate of drug-likeness (QED) is 0.844. The summed E-state index contributed by atoms with van der Waals surface area (Å²) in [7, 11) is 1.71. The van der Waals surface area contributed by atoms with Gasteiger partial charge in [0, 0.05) is 31.6 Å². The van der Waals surface area contributed by atoms with Gasteiger partial charge >= 0.3 is 0 Å². The molecule has 5 heteroatoms. The van der Waals surface area contributed by atoms with Crippen LogP contribution < -0.4 is 4.74 Å². The van der Waals surface area contributed by atoms with Gasteiger partial charge in [-0.25, -0.2) is 0 Å². The third kappa shape index (κ3) is 3.49. The number of likely N-dealkylation sites (tertiary alicyclic amines) is 2. The van der Waals surface area contributed by atoms with E-state index in [0.717, 1.165) is 44.9 Å². The van der Waals surface area contributed by atoms with Gasteiger partial charge in [-0.15, -0.1) is 0 Å². The van der Waals surface area contributed by atoms with Gasteiger partial charge in [-0.1, -0.05) is 12.1 Å². The number of hydrogen-bond acceptors (Lipinski definition) is 4. The molecule has 0 radical (unpaired) electrons. The van der Waals surface area contributed by atoms with Crippen LogP contribution in [0.5, 0.6) is 5.75 Å². The first kappa shape index (κ1) is 17.2. The Morgan fingerprint density at radius 3 is 2.92 bits per heavy atom. The van der Waals surface area contributed by atoms with Crippen LogP contribution in [-0.4, -0.2) is 49.0 Å². The summed E-state index contributed by atoms with van der Waals surface area (Å²) in [5.41, 5.74) is 1.50. The lowest BCUT2D eigenvalue weighted by Gasteiger charge is -2.40. The number of piperidine rings is 1. The number of benzene rings is 1. The topological polar surface area (TPSA) is 45.9 Å². The molecule has 5 nitrogen and oxygen atoms in total. The van der Waals surface area contributed by atoms with E-state index < -0.39 is 0 Å². The van der Waals surface area contributed by atoms with Crippen LogP contribution in [0.4, 0.5) is 0 Å². The number of ether oxygens (including phenoxy) is 1. The summed E-state index contributed by atoms with van der Waals surface area (Å²) >= 11 is 0. The molecule has 2 aliphatic rings. The maximum atomic E-state index is 12.6. The Labute approximate surface area is 154 Å². The first-order valence-electron chi connectivity index (χ1n) is 9.36. The smallest absolute Gasteiger partial charge is 0.289 e. The van der Waals surface area contributed by atoms with Crippen molar-refractivity contribution < 1.29 is 13.9 Å². The summed E-state index contributed by atoms with van der Waals surface area (Å²) in [6, 6.07) is 11.8. The van der Waals surface area contributed by atoms with E-state index in [1.807, 2.05) is 17.0 Å². The number of nitrogens with zero attached hydrogens (tertiary/aromatic N) is 2. The second kappa shape index (κ2) is 7.16. The minimum atomic E-state index is 0.0248. The van der Waals surface area contributed by atoms with E-state index in [-0.39, 0.29) is 11.3 Å². The number of furan rings is 1. The molecule has 0 saturated carbocycles. The first-order valence-corrected chi connectivity index (χ1v) is 9.36. The summed E-state index contributed by atoms with van der Waals surface area (Å²) in [6.07, 6.45) is 5.03. The van der Waals surface area contributed by atoms with Crippen LogP contribution in [0.3, 0.4) is 0 Å². The third-order valence-corrected chi connectivity index (χ3v) is 5.74. The molecule has 26 heavy (non-hydrogen) atoms. The summed E-state index contributed by atoms with van der Waals surface area (Å²) in [5.74, 6) is 1.38. The van der Waals surface area contributed by atoms with Gasteiger partial charge in [0.05, 0.1) is 13.4 Å². The van der Waals surface area contributed by atoms with Crippen molar-refractivity contribution in [2.24, 2.45) is 5.41 Å². The third-order valence-electron chi connectivity index (χ3n) is 5.74. The van der Waals surface area contributed by atoms with Crippen molar-refractivity contribution in [3.63, 3.8) is 0 Å². The Balaban J connectivity index is 1.41. The molecular formula is C21H26N2O3. The molecule has 1 aromatic heterocycles. The zero-order chi connectivity index (χ0) is 18.0. The van der Waals surface area contributed by atoms with Gasteiger partial charge in [0.25, 0.3) is 5.91 Å². The lowest BCUT2D eigenvalue weighted by molar-refractivity contribution is 0.0651. The number of methoxy groups -OCH3 is 1. The fourth-order valence-corrected chi connectivity index (χ4v) is 4.47. The molecule has 138 valence electrons. The molecule has 2 fully saturated rings. The molecule has 4 rings (SSSR count). The van der Waals surface area contributed by atoms with E-state index in [1.165, 1.54) is 18.4 Å². The minimum absolute atomic E-state index is 0.0248. The Morgan fingerprint density at radius 1 is 1.19 bits per heavy atom. The molecule has 2 aliphatic heterocycles. The predicted molar refractivity (Wildman–Crippen MR) is 99.2 cm³/mol. The number of carbonyl (C=O) groups excluding carboxylic acids is 1. The maximum absolute atomic E-state index is 12.6. The van der Waals surface area contributed by atoms with E-state index >= 15 is 0 Å². The van der Waals surface area contributed by atoms with Crippen molar-refractivity contribution in [2.45, 2.75) is 25.8 Å². The summed E-state index contributed by atoms with van der Waals surface area (Å²) < 4.78 is 10.6. The molecule has 2 saturated heterocycles. The summed E-state index contributed by atoms with van der Waals surface area (Å²) in [5, 5.41) is 0. The van der Waals surface area contributed by atoms with E-state index in [9.17, 15) is 4.79 Å². The van der Waals surface area contributed by atoms with Crippen molar-refractivity contribution in [1.29, 1.82) is 0 Å². The molecule has 0 bridgehead atoms. The number of carbonyl (C=O) groups is 1. The summed E-state index contributed by atoms with van der Waals surface area (Å²) in [6.45, 7) is 4.76. The van der Waals surface area contributed by atoms with Gasteiger partial charge in [0.2, 0.25) is 0 Å². The molecular weight excluding hydrogens is 328 g/mol. The lowest BCUT2D eigenvalue weighted by Crippen LogP contribution is -2.45. The molecule has 0 N–H and O–H groups in total. The maximum Gasteiger partial charge on any atom is 0.289 e. The van der Waals surface area contributed by atoms with Crippen LogP contribution in [0.1, 0.15) is 35.4 Å². The second-order valence-electron chi connectivity index (χ2n) is 7.62. The highest BCUT2D eigenvalue weighted by Crippen LogP contribution is 2.39. The van der Waals surface area contributed by atoms with Crippen LogP contribution in [0.2, 0.25) is 0 Å². The lowest BCUT2D eigenvalue weighted by atomic mass is 9.79. The highest BCUT2D eigenvalue weighted by Gasteiger charge is 2.43. The van der Waals surface area contributed by atoms with Crippen molar-refractivity contribution in [1.82, 2.24) is 9.80 Å². The Hall–Kier alpha value is -2.27. The molecule has 0 unspecified atom stereocenters.